The summed E-state index contributed by atoms with van der Waals surface area (Å²) in [5, 5.41) is 2.55. The summed E-state index contributed by atoms with van der Waals surface area (Å²) >= 11 is 0. The molecule has 1 N–H and O–H groups in total. The van der Waals surface area contributed by atoms with E-state index in [1.165, 1.54) is 23.9 Å². The van der Waals surface area contributed by atoms with Crippen LogP contribution < -0.4 is 15.5 Å². The first-order valence-corrected chi connectivity index (χ1v) is 9.19. The molecule has 9 heteroatoms. The summed E-state index contributed by atoms with van der Waals surface area (Å²) in [5.41, 5.74) is -0.486. The number of nitrogens with zero attached hydrogens (tertiary/aromatic N) is 2. The van der Waals surface area contributed by atoms with Crippen molar-refractivity contribution >= 4 is 11.8 Å². The number of rotatable bonds is 4. The Hall–Kier alpha value is -3.20. The minimum atomic E-state index is -0.690. The van der Waals surface area contributed by atoms with Crippen LogP contribution in [0.25, 0.3) is 0 Å². The van der Waals surface area contributed by atoms with Gasteiger partial charge in [0.1, 0.15) is 11.4 Å². The molecule has 29 heavy (non-hydrogen) atoms. The van der Waals surface area contributed by atoms with E-state index in [0.717, 1.165) is 0 Å². The van der Waals surface area contributed by atoms with Crippen LogP contribution in [0.1, 0.15) is 33.3 Å². The molecule has 2 aliphatic heterocycles. The van der Waals surface area contributed by atoms with E-state index < -0.39 is 23.4 Å². The predicted molar refractivity (Wildman–Crippen MR) is 100 cm³/mol. The van der Waals surface area contributed by atoms with Crippen LogP contribution >= 0.6 is 0 Å². The van der Waals surface area contributed by atoms with Crippen molar-refractivity contribution in [3.8, 4) is 5.75 Å². The zero-order valence-corrected chi connectivity index (χ0v) is 16.0. The van der Waals surface area contributed by atoms with Gasteiger partial charge in [-0.25, -0.2) is 4.39 Å². The van der Waals surface area contributed by atoms with E-state index in [2.05, 4.69) is 5.32 Å². The Balaban J connectivity index is 1.68. The van der Waals surface area contributed by atoms with Gasteiger partial charge in [-0.15, -0.1) is 0 Å². The van der Waals surface area contributed by atoms with Crippen molar-refractivity contribution in [2.75, 3.05) is 13.7 Å². The maximum absolute atomic E-state index is 13.8. The van der Waals surface area contributed by atoms with E-state index in [1.54, 1.807) is 23.1 Å². The number of carbonyl (C=O) groups is 2. The van der Waals surface area contributed by atoms with Crippen molar-refractivity contribution in [3.63, 3.8) is 0 Å². The van der Waals surface area contributed by atoms with E-state index in [4.69, 9.17) is 9.47 Å². The first kappa shape index (κ1) is 19.1. The number of hydrogen-bond donors (Lipinski definition) is 1. The summed E-state index contributed by atoms with van der Waals surface area (Å²) in [6, 6.07) is 5.92. The number of carbonyl (C=O) groups excluding carboxylic acids is 2. The largest absolute Gasteiger partial charge is 0.491 e. The molecule has 0 saturated carbocycles. The normalized spacial score (nSPS) is 20.2. The van der Waals surface area contributed by atoms with Crippen molar-refractivity contribution in [2.24, 2.45) is 0 Å². The first-order chi connectivity index (χ1) is 13.9. The highest BCUT2D eigenvalue weighted by Crippen LogP contribution is 2.29. The number of amides is 2. The minimum absolute atomic E-state index is 0.0784. The lowest BCUT2D eigenvalue weighted by Crippen LogP contribution is -2.49. The fourth-order valence-electron chi connectivity index (χ4n) is 3.72. The molecule has 8 nitrogen and oxygen atoms in total. The molecule has 2 aliphatic rings. The monoisotopic (exact) mass is 401 g/mol. The standard InChI is InChI=1S/C20H20FN3O5/c1-11-10-29-15-9-23-8-13(17(25)18(28-2)16(23)20(27)24(11)15)19(26)22-7-12-5-3-4-6-14(12)21/h3-6,8,11,15H,7,9-10H2,1-2H3,(H,22,26)/t11-,15+/m0/s1. The summed E-state index contributed by atoms with van der Waals surface area (Å²) in [5.74, 6) is -1.70. The lowest BCUT2D eigenvalue weighted by molar-refractivity contribution is 0.00621. The average molecular weight is 401 g/mol. The van der Waals surface area contributed by atoms with Gasteiger partial charge in [0.15, 0.2) is 17.7 Å². The quantitative estimate of drug-likeness (QED) is 0.830. The highest BCUT2D eigenvalue weighted by molar-refractivity contribution is 5.99. The number of nitrogens with one attached hydrogen (secondary N) is 1. The van der Waals surface area contributed by atoms with Crippen molar-refractivity contribution in [2.45, 2.75) is 32.3 Å². The van der Waals surface area contributed by atoms with Crippen LogP contribution in [0, 0.1) is 5.82 Å². The van der Waals surface area contributed by atoms with E-state index in [1.807, 2.05) is 6.92 Å². The van der Waals surface area contributed by atoms with Gasteiger partial charge in [0.05, 0.1) is 26.3 Å². The van der Waals surface area contributed by atoms with Gasteiger partial charge in [-0.1, -0.05) is 18.2 Å². The average Bonchev–Trinajstić information content (AvgIpc) is 3.08. The van der Waals surface area contributed by atoms with Crippen molar-refractivity contribution in [1.29, 1.82) is 0 Å². The van der Waals surface area contributed by atoms with Gasteiger partial charge < -0.3 is 24.3 Å². The molecule has 1 fully saturated rings. The van der Waals surface area contributed by atoms with Crippen LogP contribution in [-0.4, -0.2) is 47.3 Å². The highest BCUT2D eigenvalue weighted by Gasteiger charge is 2.43. The van der Waals surface area contributed by atoms with Crippen molar-refractivity contribution in [3.05, 3.63) is 63.3 Å². The third-order valence-electron chi connectivity index (χ3n) is 5.19. The Morgan fingerprint density at radius 2 is 2.10 bits per heavy atom. The van der Waals surface area contributed by atoms with Gasteiger partial charge in [-0.2, -0.15) is 0 Å². The Kier molecular flexibility index (Phi) is 4.83. The molecule has 4 rings (SSSR count). The zero-order valence-electron chi connectivity index (χ0n) is 16.0. The maximum Gasteiger partial charge on any atom is 0.276 e. The van der Waals surface area contributed by atoms with Crippen LogP contribution in [0.3, 0.4) is 0 Å². The molecule has 0 radical (unpaired) electrons. The number of methoxy groups -OCH3 is 1. The number of aromatic nitrogens is 1. The molecule has 1 saturated heterocycles. The van der Waals surface area contributed by atoms with Crippen molar-refractivity contribution in [1.82, 2.24) is 14.8 Å². The summed E-state index contributed by atoms with van der Waals surface area (Å²) in [7, 11) is 1.28. The Bertz CT molecular complexity index is 1050. The molecule has 0 bridgehead atoms. The molecular formula is C20H20FN3O5. The Morgan fingerprint density at radius 3 is 2.83 bits per heavy atom. The van der Waals surface area contributed by atoms with E-state index in [9.17, 15) is 18.8 Å². The van der Waals surface area contributed by atoms with E-state index in [-0.39, 0.29) is 42.0 Å². The second-order valence-electron chi connectivity index (χ2n) is 7.03. The van der Waals surface area contributed by atoms with Gasteiger partial charge >= 0.3 is 0 Å². The SMILES string of the molecule is COc1c2n(cc(C(=O)NCc3ccccc3F)c1=O)C[C@H]1OC[C@H](C)N1C2=O. The van der Waals surface area contributed by atoms with Crippen LogP contribution in [0.5, 0.6) is 5.75 Å². The molecule has 2 atom stereocenters. The van der Waals surface area contributed by atoms with Crippen LogP contribution in [-0.2, 0) is 17.8 Å². The molecule has 152 valence electrons. The molecule has 0 aliphatic carbocycles. The lowest BCUT2D eigenvalue weighted by atomic mass is 10.1. The second kappa shape index (κ2) is 7.32. The smallest absolute Gasteiger partial charge is 0.276 e. The summed E-state index contributed by atoms with van der Waals surface area (Å²) in [6.45, 7) is 2.46. The fourth-order valence-corrected chi connectivity index (χ4v) is 3.72. The predicted octanol–water partition coefficient (Wildman–Crippen LogP) is 1.13. The van der Waals surface area contributed by atoms with Gasteiger partial charge in [-0.05, 0) is 13.0 Å². The Morgan fingerprint density at radius 1 is 1.34 bits per heavy atom. The molecule has 3 heterocycles. The summed E-state index contributed by atoms with van der Waals surface area (Å²) in [4.78, 5) is 40.0. The van der Waals surface area contributed by atoms with Gasteiger partial charge in [0, 0.05) is 18.3 Å². The highest BCUT2D eigenvalue weighted by atomic mass is 19.1. The Labute approximate surface area is 165 Å². The molecule has 1 aromatic carbocycles. The first-order valence-electron chi connectivity index (χ1n) is 9.19. The molecule has 1 aromatic heterocycles. The maximum atomic E-state index is 13.8. The fraction of sp³-hybridized carbons (Fsp3) is 0.350. The summed E-state index contributed by atoms with van der Waals surface area (Å²) in [6.07, 6.45) is 0.866. The number of ether oxygens (including phenoxy) is 2. The third-order valence-corrected chi connectivity index (χ3v) is 5.19. The van der Waals surface area contributed by atoms with E-state index in [0.29, 0.717) is 12.2 Å². The summed E-state index contributed by atoms with van der Waals surface area (Å²) < 4.78 is 26.1. The van der Waals surface area contributed by atoms with Crippen LogP contribution in [0.15, 0.2) is 35.3 Å². The molecule has 2 aromatic rings. The number of fused-ring (bicyclic) bond motifs is 2. The molecule has 0 spiro atoms. The van der Waals surface area contributed by atoms with Crippen LogP contribution in [0.2, 0.25) is 0 Å². The lowest BCUT2D eigenvalue weighted by Gasteiger charge is -2.34. The topological polar surface area (TPSA) is 89.9 Å². The minimum Gasteiger partial charge on any atom is -0.491 e. The molecular weight excluding hydrogens is 381 g/mol. The number of pyridine rings is 1. The van der Waals surface area contributed by atoms with Crippen LogP contribution in [0.4, 0.5) is 4.39 Å². The molecule has 2 amide bonds. The van der Waals surface area contributed by atoms with Gasteiger partial charge in [-0.3, -0.25) is 14.4 Å². The number of hydrogen-bond acceptors (Lipinski definition) is 5. The van der Waals surface area contributed by atoms with Gasteiger partial charge in [0.25, 0.3) is 11.8 Å². The number of halogens is 1. The van der Waals surface area contributed by atoms with E-state index >= 15 is 0 Å². The van der Waals surface area contributed by atoms with Gasteiger partial charge in [0.2, 0.25) is 5.43 Å². The molecule has 0 unspecified atom stereocenters. The third kappa shape index (κ3) is 3.17. The van der Waals surface area contributed by atoms with Crippen molar-refractivity contribution < 1.29 is 23.5 Å². The zero-order chi connectivity index (χ0) is 20.7. The number of benzene rings is 1. The second-order valence-corrected chi connectivity index (χ2v) is 7.03.